The molecule has 0 atom stereocenters. The number of rotatable bonds is 5. The second kappa shape index (κ2) is 6.56. The molecule has 0 aliphatic heterocycles. The molecule has 1 aromatic carbocycles. The summed E-state index contributed by atoms with van der Waals surface area (Å²) in [5.41, 5.74) is 1.96. The van der Waals surface area contributed by atoms with Crippen molar-refractivity contribution in [2.24, 2.45) is 5.92 Å². The Morgan fingerprint density at radius 2 is 2.05 bits per heavy atom. The zero-order chi connectivity index (χ0) is 13.8. The van der Waals surface area contributed by atoms with Crippen molar-refractivity contribution in [2.45, 2.75) is 45.6 Å². The summed E-state index contributed by atoms with van der Waals surface area (Å²) in [6, 6.07) is 6.56. The first kappa shape index (κ1) is 14.6. The van der Waals surface area contributed by atoms with Crippen LogP contribution in [0.25, 0.3) is 0 Å². The minimum Gasteiger partial charge on any atom is -0.367 e. The molecular formula is C16H22BrNO. The summed E-state index contributed by atoms with van der Waals surface area (Å²) in [5.74, 6) is 0.637. The van der Waals surface area contributed by atoms with E-state index < -0.39 is 0 Å². The first-order valence-electron chi connectivity index (χ1n) is 7.13. The fourth-order valence-electron chi connectivity index (χ4n) is 2.88. The van der Waals surface area contributed by atoms with Crippen molar-refractivity contribution in [3.8, 4) is 0 Å². The zero-order valence-electron chi connectivity index (χ0n) is 11.7. The fraction of sp³-hybridized carbons (Fsp3) is 0.562. The highest BCUT2D eigenvalue weighted by atomic mass is 79.9. The Bertz CT molecular complexity index is 438. The van der Waals surface area contributed by atoms with Crippen molar-refractivity contribution < 1.29 is 4.79 Å². The van der Waals surface area contributed by atoms with Gasteiger partial charge in [0.15, 0.2) is 0 Å². The highest BCUT2D eigenvalue weighted by molar-refractivity contribution is 9.10. The van der Waals surface area contributed by atoms with Crippen LogP contribution in [0.5, 0.6) is 0 Å². The van der Waals surface area contributed by atoms with Gasteiger partial charge in [-0.15, -0.1) is 0 Å². The first-order valence-corrected chi connectivity index (χ1v) is 7.92. The molecule has 3 heteroatoms. The molecule has 0 heterocycles. The normalized spacial score (nSPS) is 16.0. The van der Waals surface area contributed by atoms with E-state index in [1.807, 2.05) is 12.1 Å². The fourth-order valence-corrected chi connectivity index (χ4v) is 3.51. The predicted octanol–water partition coefficient (Wildman–Crippen LogP) is 4.67. The van der Waals surface area contributed by atoms with E-state index in [-0.39, 0.29) is 0 Å². The topological polar surface area (TPSA) is 20.3 Å². The molecule has 1 aliphatic carbocycles. The third kappa shape index (κ3) is 3.59. The lowest BCUT2D eigenvalue weighted by Gasteiger charge is -2.33. The lowest BCUT2D eigenvalue weighted by atomic mass is 10.1. The molecular weight excluding hydrogens is 302 g/mol. The number of aldehydes is 1. The van der Waals surface area contributed by atoms with Crippen LogP contribution in [0, 0.1) is 5.92 Å². The van der Waals surface area contributed by atoms with Crippen LogP contribution in [0.2, 0.25) is 0 Å². The highest BCUT2D eigenvalue weighted by Gasteiger charge is 2.24. The third-order valence-corrected chi connectivity index (χ3v) is 4.38. The van der Waals surface area contributed by atoms with Crippen LogP contribution < -0.4 is 4.90 Å². The van der Waals surface area contributed by atoms with Crippen LogP contribution in [-0.2, 0) is 0 Å². The monoisotopic (exact) mass is 323 g/mol. The molecule has 0 amide bonds. The van der Waals surface area contributed by atoms with Crippen LogP contribution in [0.3, 0.4) is 0 Å². The second-order valence-corrected chi connectivity index (χ2v) is 6.67. The van der Waals surface area contributed by atoms with Crippen LogP contribution in [-0.4, -0.2) is 18.9 Å². The summed E-state index contributed by atoms with van der Waals surface area (Å²) in [7, 11) is 0. The van der Waals surface area contributed by atoms with Gasteiger partial charge < -0.3 is 4.90 Å². The van der Waals surface area contributed by atoms with Crippen LogP contribution in [0.1, 0.15) is 49.9 Å². The molecule has 0 spiro atoms. The highest BCUT2D eigenvalue weighted by Crippen LogP contribution is 2.34. The van der Waals surface area contributed by atoms with Crippen molar-refractivity contribution in [1.82, 2.24) is 0 Å². The lowest BCUT2D eigenvalue weighted by molar-refractivity contribution is 0.112. The van der Waals surface area contributed by atoms with E-state index in [4.69, 9.17) is 0 Å². The van der Waals surface area contributed by atoms with Gasteiger partial charge in [-0.05, 0) is 52.9 Å². The van der Waals surface area contributed by atoms with E-state index in [9.17, 15) is 4.79 Å². The Morgan fingerprint density at radius 1 is 1.37 bits per heavy atom. The molecule has 1 saturated carbocycles. The molecule has 2 nitrogen and oxygen atoms in total. The van der Waals surface area contributed by atoms with Crippen molar-refractivity contribution in [2.75, 3.05) is 11.4 Å². The summed E-state index contributed by atoms with van der Waals surface area (Å²) >= 11 is 3.63. The van der Waals surface area contributed by atoms with Crippen LogP contribution >= 0.6 is 15.9 Å². The van der Waals surface area contributed by atoms with Gasteiger partial charge in [-0.1, -0.05) is 26.7 Å². The van der Waals surface area contributed by atoms with Gasteiger partial charge in [0.2, 0.25) is 0 Å². The number of nitrogens with zero attached hydrogens (tertiary/aromatic N) is 1. The van der Waals surface area contributed by atoms with Gasteiger partial charge >= 0.3 is 0 Å². The lowest BCUT2D eigenvalue weighted by Crippen LogP contribution is -2.36. The SMILES string of the molecule is CC(C)CN(c1ccc(C=O)cc1Br)C1CCCC1. The number of anilines is 1. The molecule has 1 aliphatic rings. The molecule has 104 valence electrons. The van der Waals surface area contributed by atoms with Gasteiger partial charge in [-0.25, -0.2) is 0 Å². The molecule has 0 unspecified atom stereocenters. The Morgan fingerprint density at radius 3 is 2.58 bits per heavy atom. The Labute approximate surface area is 124 Å². The molecule has 0 radical (unpaired) electrons. The van der Waals surface area contributed by atoms with E-state index in [2.05, 4.69) is 40.7 Å². The van der Waals surface area contributed by atoms with Crippen LogP contribution in [0.4, 0.5) is 5.69 Å². The Hall–Kier alpha value is -0.830. The molecule has 2 rings (SSSR count). The number of benzene rings is 1. The van der Waals surface area contributed by atoms with Gasteiger partial charge in [0, 0.05) is 22.6 Å². The molecule has 19 heavy (non-hydrogen) atoms. The summed E-state index contributed by atoms with van der Waals surface area (Å²) in [6.07, 6.45) is 6.15. The summed E-state index contributed by atoms with van der Waals surface area (Å²) in [4.78, 5) is 13.4. The Kier molecular flexibility index (Phi) is 5.03. The average molecular weight is 324 g/mol. The predicted molar refractivity (Wildman–Crippen MR) is 84.0 cm³/mol. The van der Waals surface area contributed by atoms with Crippen LogP contribution in [0.15, 0.2) is 22.7 Å². The summed E-state index contributed by atoms with van der Waals surface area (Å²) in [6.45, 7) is 5.59. The maximum absolute atomic E-state index is 10.8. The number of halogens is 1. The number of carbonyl (C=O) groups excluding carboxylic acids is 1. The largest absolute Gasteiger partial charge is 0.367 e. The Balaban J connectivity index is 2.28. The number of carbonyl (C=O) groups is 1. The van der Waals surface area contributed by atoms with E-state index in [0.717, 1.165) is 22.9 Å². The quantitative estimate of drug-likeness (QED) is 0.734. The standard InChI is InChI=1S/C16H22BrNO/c1-12(2)10-18(14-5-3-4-6-14)16-8-7-13(11-19)9-15(16)17/h7-9,11-12,14H,3-6,10H2,1-2H3. The molecule has 0 aromatic heterocycles. The van der Waals surface area contributed by atoms with Gasteiger partial charge in [0.05, 0.1) is 5.69 Å². The smallest absolute Gasteiger partial charge is 0.150 e. The van der Waals surface area contributed by atoms with Gasteiger partial charge in [0.1, 0.15) is 6.29 Å². The van der Waals surface area contributed by atoms with Crippen molar-refractivity contribution >= 4 is 27.9 Å². The molecule has 0 N–H and O–H groups in total. The van der Waals surface area contributed by atoms with E-state index >= 15 is 0 Å². The number of hydrogen-bond donors (Lipinski definition) is 0. The second-order valence-electron chi connectivity index (χ2n) is 5.81. The van der Waals surface area contributed by atoms with Gasteiger partial charge in [-0.3, -0.25) is 4.79 Å². The summed E-state index contributed by atoms with van der Waals surface area (Å²) in [5, 5.41) is 0. The molecule has 0 saturated heterocycles. The molecule has 1 aromatic rings. The minimum atomic E-state index is 0.637. The van der Waals surface area contributed by atoms with Crippen molar-refractivity contribution in [1.29, 1.82) is 0 Å². The maximum Gasteiger partial charge on any atom is 0.150 e. The van der Waals surface area contributed by atoms with Crippen molar-refractivity contribution in [3.05, 3.63) is 28.2 Å². The number of hydrogen-bond acceptors (Lipinski definition) is 2. The first-order chi connectivity index (χ1) is 9.11. The van der Waals surface area contributed by atoms with Crippen molar-refractivity contribution in [3.63, 3.8) is 0 Å². The maximum atomic E-state index is 10.8. The van der Waals surface area contributed by atoms with Gasteiger partial charge in [-0.2, -0.15) is 0 Å². The van der Waals surface area contributed by atoms with E-state index in [1.165, 1.54) is 31.4 Å². The summed E-state index contributed by atoms with van der Waals surface area (Å²) < 4.78 is 1.03. The van der Waals surface area contributed by atoms with E-state index in [0.29, 0.717) is 12.0 Å². The van der Waals surface area contributed by atoms with Gasteiger partial charge in [0.25, 0.3) is 0 Å². The molecule has 1 fully saturated rings. The minimum absolute atomic E-state index is 0.637. The average Bonchev–Trinajstić information content (AvgIpc) is 2.89. The zero-order valence-corrected chi connectivity index (χ0v) is 13.3. The third-order valence-electron chi connectivity index (χ3n) is 3.74. The molecule has 0 bridgehead atoms. The van der Waals surface area contributed by atoms with E-state index in [1.54, 1.807) is 0 Å².